The molecule has 3 rings (SSSR count). The highest BCUT2D eigenvalue weighted by Crippen LogP contribution is 2.27. The SMILES string of the molecule is CCCCNC(=O)[C@@H](C)N(Cc1ccc(Cl)c(Cl)c1)C(=O)CN(c1ccccc1)S(=O)(=O)c1ccc(OCC)cc1. The minimum atomic E-state index is -4.17. The van der Waals surface area contributed by atoms with Crippen molar-refractivity contribution in [2.45, 2.75) is 51.1 Å². The number of halogens is 2. The quantitative estimate of drug-likeness (QED) is 0.226. The first kappa shape index (κ1) is 32.2. The smallest absolute Gasteiger partial charge is 0.264 e. The molecule has 0 aliphatic heterocycles. The fourth-order valence-corrected chi connectivity index (χ4v) is 5.81. The zero-order chi connectivity index (χ0) is 30.0. The molecule has 0 saturated carbocycles. The van der Waals surface area contributed by atoms with Crippen molar-refractivity contribution in [3.8, 4) is 5.75 Å². The summed E-state index contributed by atoms with van der Waals surface area (Å²) in [4.78, 5) is 28.3. The average molecular weight is 621 g/mol. The monoisotopic (exact) mass is 619 g/mol. The number of rotatable bonds is 14. The van der Waals surface area contributed by atoms with E-state index < -0.39 is 28.5 Å². The molecular formula is C30H35Cl2N3O5S. The van der Waals surface area contributed by atoms with Crippen molar-refractivity contribution in [1.82, 2.24) is 10.2 Å². The summed E-state index contributed by atoms with van der Waals surface area (Å²) in [5.74, 6) is -0.371. The highest BCUT2D eigenvalue weighted by atomic mass is 35.5. The lowest BCUT2D eigenvalue weighted by Crippen LogP contribution is -2.51. The average Bonchev–Trinajstić information content (AvgIpc) is 2.97. The zero-order valence-corrected chi connectivity index (χ0v) is 25.7. The van der Waals surface area contributed by atoms with Gasteiger partial charge in [-0.15, -0.1) is 0 Å². The number of carbonyl (C=O) groups excluding carboxylic acids is 2. The van der Waals surface area contributed by atoms with Crippen LogP contribution in [-0.4, -0.2) is 50.9 Å². The highest BCUT2D eigenvalue weighted by Gasteiger charge is 2.32. The van der Waals surface area contributed by atoms with Crippen LogP contribution >= 0.6 is 23.2 Å². The summed E-state index contributed by atoms with van der Waals surface area (Å²) in [6.45, 7) is 5.86. The van der Waals surface area contributed by atoms with Gasteiger partial charge in [0.1, 0.15) is 18.3 Å². The fourth-order valence-electron chi connectivity index (χ4n) is 4.08. The lowest BCUT2D eigenvalue weighted by molar-refractivity contribution is -0.139. The summed E-state index contributed by atoms with van der Waals surface area (Å²) >= 11 is 12.3. The van der Waals surface area contributed by atoms with Gasteiger partial charge in [0.05, 0.1) is 27.2 Å². The number of ether oxygens (including phenoxy) is 1. The van der Waals surface area contributed by atoms with Gasteiger partial charge >= 0.3 is 0 Å². The van der Waals surface area contributed by atoms with Crippen LogP contribution in [0.1, 0.15) is 39.2 Å². The molecule has 0 aromatic heterocycles. The number of sulfonamides is 1. The number of amides is 2. The van der Waals surface area contributed by atoms with Gasteiger partial charge in [-0.3, -0.25) is 13.9 Å². The number of nitrogens with one attached hydrogen (secondary N) is 1. The maximum atomic E-state index is 13.9. The van der Waals surface area contributed by atoms with E-state index in [1.54, 1.807) is 67.6 Å². The Bertz CT molecular complexity index is 1420. The van der Waals surface area contributed by atoms with Gasteiger partial charge < -0.3 is 15.0 Å². The van der Waals surface area contributed by atoms with E-state index in [-0.39, 0.29) is 17.3 Å². The first-order valence-corrected chi connectivity index (χ1v) is 15.6. The Morgan fingerprint density at radius 3 is 2.24 bits per heavy atom. The van der Waals surface area contributed by atoms with E-state index >= 15 is 0 Å². The van der Waals surface area contributed by atoms with Crippen molar-refractivity contribution in [1.29, 1.82) is 0 Å². The molecule has 0 bridgehead atoms. The lowest BCUT2D eigenvalue weighted by Gasteiger charge is -2.32. The zero-order valence-electron chi connectivity index (χ0n) is 23.3. The van der Waals surface area contributed by atoms with Crippen molar-refractivity contribution in [3.63, 3.8) is 0 Å². The van der Waals surface area contributed by atoms with Crippen LogP contribution in [0.25, 0.3) is 0 Å². The topological polar surface area (TPSA) is 96.0 Å². The number of hydrogen-bond donors (Lipinski definition) is 1. The highest BCUT2D eigenvalue weighted by molar-refractivity contribution is 7.92. The molecule has 0 aliphatic rings. The second-order valence-electron chi connectivity index (χ2n) is 9.34. The van der Waals surface area contributed by atoms with Crippen LogP contribution in [0.4, 0.5) is 5.69 Å². The summed E-state index contributed by atoms with van der Waals surface area (Å²) in [5.41, 5.74) is 0.950. The number of nitrogens with zero attached hydrogens (tertiary/aromatic N) is 2. The van der Waals surface area contributed by atoms with Gasteiger partial charge in [0.15, 0.2) is 0 Å². The molecule has 3 aromatic carbocycles. The normalized spacial score (nSPS) is 11.9. The molecule has 0 radical (unpaired) electrons. The maximum Gasteiger partial charge on any atom is 0.264 e. The Balaban J connectivity index is 1.98. The Morgan fingerprint density at radius 2 is 1.63 bits per heavy atom. The molecule has 0 spiro atoms. The minimum absolute atomic E-state index is 0.000929. The third-order valence-electron chi connectivity index (χ3n) is 6.38. The maximum absolute atomic E-state index is 13.9. The van der Waals surface area contributed by atoms with E-state index in [2.05, 4.69) is 5.32 Å². The number of unbranched alkanes of at least 4 members (excludes halogenated alkanes) is 1. The van der Waals surface area contributed by atoms with Gasteiger partial charge in [-0.25, -0.2) is 8.42 Å². The van der Waals surface area contributed by atoms with Gasteiger partial charge in [-0.2, -0.15) is 0 Å². The van der Waals surface area contributed by atoms with Crippen molar-refractivity contribution < 1.29 is 22.7 Å². The van der Waals surface area contributed by atoms with Gasteiger partial charge in [0.2, 0.25) is 11.8 Å². The molecule has 3 aromatic rings. The van der Waals surface area contributed by atoms with Crippen LogP contribution in [0.3, 0.4) is 0 Å². The van der Waals surface area contributed by atoms with Gasteiger partial charge in [0.25, 0.3) is 10.0 Å². The summed E-state index contributed by atoms with van der Waals surface area (Å²) in [7, 11) is -4.17. The van der Waals surface area contributed by atoms with E-state index in [0.29, 0.717) is 40.2 Å². The predicted molar refractivity (Wildman–Crippen MR) is 163 cm³/mol. The van der Waals surface area contributed by atoms with E-state index in [4.69, 9.17) is 27.9 Å². The number of hydrogen-bond acceptors (Lipinski definition) is 5. The predicted octanol–water partition coefficient (Wildman–Crippen LogP) is 5.92. The number of benzene rings is 3. The molecule has 0 fully saturated rings. The first-order valence-electron chi connectivity index (χ1n) is 13.4. The van der Waals surface area contributed by atoms with Gasteiger partial charge in [0, 0.05) is 13.1 Å². The molecule has 1 atom stereocenters. The van der Waals surface area contributed by atoms with Gasteiger partial charge in [-0.1, -0.05) is 60.8 Å². The van der Waals surface area contributed by atoms with Crippen molar-refractivity contribution in [2.75, 3.05) is 24.0 Å². The van der Waals surface area contributed by atoms with E-state index in [9.17, 15) is 18.0 Å². The van der Waals surface area contributed by atoms with Crippen molar-refractivity contribution in [2.24, 2.45) is 0 Å². The molecule has 0 saturated heterocycles. The Hall–Kier alpha value is -3.27. The molecule has 2 amide bonds. The molecule has 0 unspecified atom stereocenters. The van der Waals surface area contributed by atoms with Crippen LogP contribution in [0.15, 0.2) is 77.7 Å². The molecule has 8 nitrogen and oxygen atoms in total. The Labute approximate surface area is 252 Å². The molecule has 0 aliphatic carbocycles. The van der Waals surface area contributed by atoms with Gasteiger partial charge in [-0.05, 0) is 74.4 Å². The fraction of sp³-hybridized carbons (Fsp3) is 0.333. The van der Waals surface area contributed by atoms with Crippen LogP contribution in [0, 0.1) is 0 Å². The molecule has 1 N–H and O–H groups in total. The lowest BCUT2D eigenvalue weighted by atomic mass is 10.1. The summed E-state index contributed by atoms with van der Waals surface area (Å²) < 4.78 is 34.3. The first-order chi connectivity index (χ1) is 19.6. The second kappa shape index (κ2) is 15.1. The Morgan fingerprint density at radius 1 is 0.951 bits per heavy atom. The number of carbonyl (C=O) groups is 2. The minimum Gasteiger partial charge on any atom is -0.494 e. The molecule has 220 valence electrons. The van der Waals surface area contributed by atoms with E-state index in [0.717, 1.165) is 17.1 Å². The standard InChI is InChI=1S/C30H35Cl2N3O5S/c1-4-6-18-33-30(37)22(3)34(20-23-12-17-27(31)28(32)19-23)29(36)21-35(24-10-8-7-9-11-24)41(38,39)26-15-13-25(14-16-26)40-5-2/h7-17,19,22H,4-6,18,20-21H2,1-3H3,(H,33,37)/t22-/m1/s1. The number of anilines is 1. The summed E-state index contributed by atoms with van der Waals surface area (Å²) in [6, 6.07) is 18.5. The second-order valence-corrected chi connectivity index (χ2v) is 12.0. The van der Waals surface area contributed by atoms with E-state index in [1.807, 2.05) is 13.8 Å². The van der Waals surface area contributed by atoms with Crippen LogP contribution in [-0.2, 0) is 26.2 Å². The largest absolute Gasteiger partial charge is 0.494 e. The van der Waals surface area contributed by atoms with Crippen LogP contribution in [0.2, 0.25) is 10.0 Å². The van der Waals surface area contributed by atoms with Crippen LogP contribution in [0.5, 0.6) is 5.75 Å². The third kappa shape index (κ3) is 8.61. The Kier molecular flexibility index (Phi) is 11.9. The molecular weight excluding hydrogens is 585 g/mol. The van der Waals surface area contributed by atoms with Crippen LogP contribution < -0.4 is 14.4 Å². The number of para-hydroxylation sites is 1. The molecule has 11 heteroatoms. The van der Waals surface area contributed by atoms with E-state index in [1.165, 1.54) is 17.0 Å². The molecule has 41 heavy (non-hydrogen) atoms. The van der Waals surface area contributed by atoms with Crippen molar-refractivity contribution >= 4 is 50.7 Å². The summed E-state index contributed by atoms with van der Waals surface area (Å²) in [6.07, 6.45) is 1.69. The third-order valence-corrected chi connectivity index (χ3v) is 8.91. The molecule has 0 heterocycles. The van der Waals surface area contributed by atoms with Crippen molar-refractivity contribution in [3.05, 3.63) is 88.4 Å². The summed E-state index contributed by atoms with van der Waals surface area (Å²) in [5, 5.41) is 3.52.